The molecule has 1 unspecified atom stereocenters. The lowest BCUT2D eigenvalue weighted by atomic mass is 9.84. The Morgan fingerprint density at radius 2 is 1.64 bits per heavy atom. The van der Waals surface area contributed by atoms with Crippen molar-refractivity contribution < 1.29 is 43.2 Å². The van der Waals surface area contributed by atoms with E-state index in [2.05, 4.69) is 52.1 Å². The summed E-state index contributed by atoms with van der Waals surface area (Å²) < 4.78 is 23.9. The number of benzene rings is 2. The number of aliphatic hydroxyl groups is 1. The molecule has 0 bridgehead atoms. The predicted octanol–water partition coefficient (Wildman–Crippen LogP) is 7.27. The lowest BCUT2D eigenvalue weighted by Gasteiger charge is -2.35. The van der Waals surface area contributed by atoms with E-state index in [0.717, 1.165) is 82.6 Å². The summed E-state index contributed by atoms with van der Waals surface area (Å²) in [6.45, 7) is 12.0. The number of thiazole rings is 1. The van der Waals surface area contributed by atoms with Gasteiger partial charge in [0.05, 0.1) is 33.3 Å². The van der Waals surface area contributed by atoms with Crippen LogP contribution in [0, 0.1) is 18.3 Å². The van der Waals surface area contributed by atoms with Crippen molar-refractivity contribution in [2.24, 2.45) is 11.3 Å². The summed E-state index contributed by atoms with van der Waals surface area (Å²) in [5.41, 5.74) is 4.85. The minimum absolute atomic E-state index is 0.00407. The van der Waals surface area contributed by atoms with Crippen molar-refractivity contribution >= 4 is 68.3 Å². The van der Waals surface area contributed by atoms with Crippen LogP contribution in [0.25, 0.3) is 10.4 Å². The number of carbonyl (C=O) groups excluding carboxylic acids is 4. The molecule has 398 valence electrons. The smallest absolute Gasteiger partial charge is 0.246 e. The normalized spacial score (nSPS) is 16.1. The zero-order valence-corrected chi connectivity index (χ0v) is 45.4. The van der Waals surface area contributed by atoms with Crippen LogP contribution in [0.3, 0.4) is 0 Å². The molecule has 2 fully saturated rings. The van der Waals surface area contributed by atoms with E-state index >= 15 is 0 Å². The highest BCUT2D eigenvalue weighted by Gasteiger charge is 2.44. The van der Waals surface area contributed by atoms with Crippen molar-refractivity contribution in [3.8, 4) is 16.2 Å². The summed E-state index contributed by atoms with van der Waals surface area (Å²) in [7, 11) is 1.88. The van der Waals surface area contributed by atoms with E-state index in [4.69, 9.17) is 18.9 Å². The quantitative estimate of drug-likeness (QED) is 0.0325. The number of hydrogen-bond donors (Lipinski definition) is 5. The monoisotopic (exact) mass is 1090 g/mol. The Morgan fingerprint density at radius 3 is 2.33 bits per heavy atom. The maximum atomic E-state index is 13.9. The fourth-order valence-electron chi connectivity index (χ4n) is 8.32. The second-order valence-electron chi connectivity index (χ2n) is 19.7. The van der Waals surface area contributed by atoms with E-state index in [9.17, 15) is 24.3 Å². The first kappa shape index (κ1) is 57.0. The first-order valence-electron chi connectivity index (χ1n) is 25.5. The van der Waals surface area contributed by atoms with Crippen LogP contribution < -0.4 is 26.0 Å². The minimum atomic E-state index is -0.942. The van der Waals surface area contributed by atoms with E-state index in [1.807, 2.05) is 93.7 Å². The van der Waals surface area contributed by atoms with Gasteiger partial charge in [-0.05, 0) is 90.1 Å². The molecule has 6 rings (SSSR count). The topological polar surface area (TPSA) is 219 Å². The van der Waals surface area contributed by atoms with Crippen LogP contribution in [0.4, 0.5) is 17.5 Å². The molecule has 0 radical (unpaired) electrons. The van der Waals surface area contributed by atoms with Gasteiger partial charge in [0.1, 0.15) is 30.3 Å². The maximum absolute atomic E-state index is 13.9. The van der Waals surface area contributed by atoms with Crippen LogP contribution in [0.1, 0.15) is 89.8 Å². The van der Waals surface area contributed by atoms with Crippen molar-refractivity contribution in [1.29, 1.82) is 0 Å². The highest BCUT2D eigenvalue weighted by molar-refractivity contribution is 9.10. The van der Waals surface area contributed by atoms with E-state index < -0.39 is 35.4 Å². The van der Waals surface area contributed by atoms with Gasteiger partial charge >= 0.3 is 0 Å². The van der Waals surface area contributed by atoms with Crippen LogP contribution in [0.2, 0.25) is 0 Å². The lowest BCUT2D eigenvalue weighted by molar-refractivity contribution is -0.144. The molecule has 3 heterocycles. The highest BCUT2D eigenvalue weighted by Crippen LogP contribution is 2.30. The number of carbonyl (C=O) groups is 4. The average Bonchev–Trinajstić information content (AvgIpc) is 3.97. The summed E-state index contributed by atoms with van der Waals surface area (Å²) >= 11 is 5.10. The molecular formula is C53H74BrN9O9S. The van der Waals surface area contributed by atoms with Gasteiger partial charge < -0.3 is 55.1 Å². The van der Waals surface area contributed by atoms with Crippen molar-refractivity contribution in [3.05, 3.63) is 76.0 Å². The summed E-state index contributed by atoms with van der Waals surface area (Å²) in [6.07, 6.45) is 7.97. The number of aliphatic hydroxyl groups excluding tert-OH is 1. The number of rotatable bonds is 30. The minimum Gasteiger partial charge on any atom is -0.493 e. The number of hydrogen-bond acceptors (Lipinski definition) is 15. The molecule has 2 aliphatic rings. The number of halogens is 1. The third-order valence-electron chi connectivity index (χ3n) is 12.7. The molecule has 0 spiro atoms. The van der Waals surface area contributed by atoms with Gasteiger partial charge in [-0.1, -0.05) is 57.5 Å². The Hall–Kier alpha value is -5.25. The Morgan fingerprint density at radius 1 is 0.932 bits per heavy atom. The number of nitrogens with zero attached hydrogens (tertiary/aromatic N) is 5. The Balaban J connectivity index is 0.774. The molecule has 1 aliphatic carbocycles. The predicted molar refractivity (Wildman–Crippen MR) is 286 cm³/mol. The molecule has 4 aromatic rings. The molecule has 20 heteroatoms. The molecule has 4 amide bonds. The molecule has 1 saturated heterocycles. The van der Waals surface area contributed by atoms with Crippen LogP contribution in [0.15, 0.2) is 64.7 Å². The van der Waals surface area contributed by atoms with Crippen LogP contribution in [-0.2, 0) is 39.9 Å². The van der Waals surface area contributed by atoms with Crippen LogP contribution >= 0.6 is 27.3 Å². The lowest BCUT2D eigenvalue weighted by Crippen LogP contribution is -2.58. The average molecular weight is 1090 g/mol. The number of ether oxygens (including phenoxy) is 4. The number of β-amino-alcohol motifs (C(OH)–C–C–N with tert-alkyl or cyclic N) is 1. The number of aryl methyl sites for hydroxylation is 1. The third kappa shape index (κ3) is 18.3. The summed E-state index contributed by atoms with van der Waals surface area (Å²) in [5.74, 6) is 1.08. The molecule has 2 aromatic carbocycles. The summed E-state index contributed by atoms with van der Waals surface area (Å²) in [4.78, 5) is 70.4. The first-order chi connectivity index (χ1) is 35.2. The Kier molecular flexibility index (Phi) is 22.7. The Bertz CT molecular complexity index is 2380. The molecule has 3 atom stereocenters. The van der Waals surface area contributed by atoms with E-state index in [1.165, 1.54) is 4.90 Å². The van der Waals surface area contributed by atoms with Gasteiger partial charge in [-0.2, -0.15) is 4.98 Å². The van der Waals surface area contributed by atoms with Crippen molar-refractivity contribution in [2.75, 3.05) is 83.6 Å². The SMILES string of the molecule is Cc1ncsc1-c1ccc(CNC(=O)[C@@H]2C[C@@H](O)CN2C(=O)C(NC(=O)COCCCOCCCCOCCCOc2cccc(Nc3ncc(Br)c(NCCCN(C)C(=O)C4CCC4)n3)c2)C(C)(C)C)cc1. The molecule has 18 nitrogen and oxygen atoms in total. The van der Waals surface area contributed by atoms with E-state index in [0.29, 0.717) is 70.9 Å². The summed E-state index contributed by atoms with van der Waals surface area (Å²) in [6, 6.07) is 13.7. The van der Waals surface area contributed by atoms with Crippen LogP contribution in [0.5, 0.6) is 5.75 Å². The van der Waals surface area contributed by atoms with Gasteiger partial charge in [0.15, 0.2) is 0 Å². The zero-order valence-electron chi connectivity index (χ0n) is 43.0. The number of amides is 4. The first-order valence-corrected chi connectivity index (χ1v) is 27.1. The highest BCUT2D eigenvalue weighted by atomic mass is 79.9. The number of anilines is 3. The van der Waals surface area contributed by atoms with E-state index in [-0.39, 0.29) is 43.8 Å². The second kappa shape index (κ2) is 29.0. The van der Waals surface area contributed by atoms with Crippen molar-refractivity contribution in [1.82, 2.24) is 35.4 Å². The van der Waals surface area contributed by atoms with E-state index in [1.54, 1.807) is 17.5 Å². The van der Waals surface area contributed by atoms with Gasteiger partial charge in [-0.15, -0.1) is 11.3 Å². The number of aromatic nitrogens is 3. The summed E-state index contributed by atoms with van der Waals surface area (Å²) in [5, 5.41) is 22.9. The fourth-order valence-corrected chi connectivity index (χ4v) is 9.46. The molecule has 5 N–H and O–H groups in total. The Labute approximate surface area is 442 Å². The molecule has 1 saturated carbocycles. The van der Waals surface area contributed by atoms with Gasteiger partial charge in [0.25, 0.3) is 0 Å². The van der Waals surface area contributed by atoms with Crippen molar-refractivity contribution in [3.63, 3.8) is 0 Å². The van der Waals surface area contributed by atoms with Gasteiger partial charge in [-0.25, -0.2) is 9.97 Å². The largest absolute Gasteiger partial charge is 0.493 e. The molecule has 73 heavy (non-hydrogen) atoms. The van der Waals surface area contributed by atoms with Gasteiger partial charge in [0.2, 0.25) is 29.6 Å². The number of nitrogens with one attached hydrogen (secondary N) is 4. The van der Waals surface area contributed by atoms with Crippen molar-refractivity contribution in [2.45, 2.75) is 110 Å². The van der Waals surface area contributed by atoms with Gasteiger partial charge in [0, 0.05) is 103 Å². The maximum Gasteiger partial charge on any atom is 0.246 e. The zero-order chi connectivity index (χ0) is 52.2. The fraction of sp³-hybridized carbons (Fsp3) is 0.566. The second-order valence-corrected chi connectivity index (χ2v) is 21.4. The molecule has 2 aromatic heterocycles. The van der Waals surface area contributed by atoms with Crippen LogP contribution in [-0.4, -0.2) is 145 Å². The molecular weight excluding hydrogens is 1020 g/mol. The standard InChI is InChI=1S/C53H74BrN9O9S/c1-36-46(73-35-58-36)38-19-17-37(18-20-38)31-56-49(66)44-30-41(64)33-63(44)51(68)47(53(2,3)4)60-45(65)34-71-27-11-25-69-23-6-7-24-70-26-12-28-72-42-16-9-15-40(29-42)59-52-57-32-43(54)48(61-52)55-21-10-22-62(5)50(67)39-13-8-14-39/h9,15-20,29,32,35,39,41,44,47,64H,6-8,10-14,21-28,30-31,33-34H2,1-5H3,(H,56,66)(H,60,65)(H2,55,57,59,61)/t41-,44+,47?/m1/s1. The third-order valence-corrected chi connectivity index (χ3v) is 14.2. The number of unbranched alkanes of at least 4 members (excludes halogenated alkanes) is 1. The number of likely N-dealkylation sites (tertiary alicyclic amines) is 1. The van der Waals surface area contributed by atoms with Gasteiger partial charge in [-0.3, -0.25) is 19.2 Å². The molecule has 1 aliphatic heterocycles.